The molecule has 1 aliphatic heterocycles. The van der Waals surface area contributed by atoms with Gasteiger partial charge in [0.1, 0.15) is 11.4 Å². The van der Waals surface area contributed by atoms with E-state index in [1.165, 1.54) is 11.0 Å². The molecule has 6 heteroatoms. The number of hydrogen-bond acceptors (Lipinski definition) is 4. The van der Waals surface area contributed by atoms with Crippen molar-refractivity contribution < 1.29 is 9.18 Å². The van der Waals surface area contributed by atoms with E-state index in [0.29, 0.717) is 0 Å². The molecule has 2 N–H and O–H groups in total. The number of nitrogens with two attached hydrogens (primary N) is 1. The van der Waals surface area contributed by atoms with Crippen LogP contribution in [0.25, 0.3) is 10.4 Å². The average Bonchev–Trinajstić information content (AvgIpc) is 2.89. The number of hydrogen-bond donors (Lipinski definition) is 1. The smallest absolute Gasteiger partial charge is 0.231 e. The van der Waals surface area contributed by atoms with Gasteiger partial charge in [0.15, 0.2) is 5.96 Å². The summed E-state index contributed by atoms with van der Waals surface area (Å²) in [6.45, 7) is 5.94. The van der Waals surface area contributed by atoms with Gasteiger partial charge in [-0.1, -0.05) is 12.0 Å². The Morgan fingerprint density at radius 1 is 1.38 bits per heavy atom. The molecule has 3 rings (SSSR count). The Bertz CT molecular complexity index is 986. The van der Waals surface area contributed by atoms with Gasteiger partial charge >= 0.3 is 0 Å². The van der Waals surface area contributed by atoms with E-state index < -0.39 is 11.4 Å². The van der Waals surface area contributed by atoms with Gasteiger partial charge in [-0.25, -0.2) is 9.38 Å². The Morgan fingerprint density at radius 2 is 2.08 bits per heavy atom. The second kappa shape index (κ2) is 6.26. The largest absolute Gasteiger partial charge is 0.369 e. The molecule has 26 heavy (non-hydrogen) atoms. The minimum absolute atomic E-state index is 0.0663. The van der Waals surface area contributed by atoms with Crippen molar-refractivity contribution in [2.24, 2.45) is 10.7 Å². The number of amides is 1. The Hall–Kier alpha value is -2.65. The van der Waals surface area contributed by atoms with Crippen LogP contribution in [0.1, 0.15) is 34.9 Å². The van der Waals surface area contributed by atoms with Crippen LogP contribution in [0.2, 0.25) is 0 Å². The molecule has 0 aliphatic carbocycles. The summed E-state index contributed by atoms with van der Waals surface area (Å²) in [7, 11) is 1.62. The maximum atomic E-state index is 13.7. The molecule has 134 valence electrons. The van der Waals surface area contributed by atoms with Crippen LogP contribution in [0.4, 0.5) is 4.39 Å². The minimum Gasteiger partial charge on any atom is -0.369 e. The number of benzene rings is 1. The Balaban J connectivity index is 2.15. The normalized spacial score (nSPS) is 20.1. The Kier molecular flexibility index (Phi) is 4.37. The number of halogens is 1. The lowest BCUT2D eigenvalue weighted by atomic mass is 9.90. The second-order valence-corrected chi connectivity index (χ2v) is 7.74. The van der Waals surface area contributed by atoms with Crippen molar-refractivity contribution in [1.29, 1.82) is 0 Å². The van der Waals surface area contributed by atoms with Gasteiger partial charge in [0.05, 0.1) is 12.0 Å². The maximum absolute atomic E-state index is 13.7. The highest BCUT2D eigenvalue weighted by molar-refractivity contribution is 7.16. The molecule has 2 aromatic rings. The monoisotopic (exact) mass is 369 g/mol. The Labute approximate surface area is 156 Å². The van der Waals surface area contributed by atoms with Crippen LogP contribution < -0.4 is 5.73 Å². The zero-order valence-corrected chi connectivity index (χ0v) is 16.0. The molecule has 1 aromatic carbocycles. The standard InChI is InChI=1S/C20H20FN3OS/c1-6-13-9-14(7-8-15(13)21)17-11(2)12(3)18(26-17)20(4)10-16(25)24(5)19(22)23-20/h1,7-9H,10H2,2-5H3,(H2,22,23)/t20-/m0/s1. The lowest BCUT2D eigenvalue weighted by Crippen LogP contribution is -2.47. The quantitative estimate of drug-likeness (QED) is 0.823. The molecule has 0 fully saturated rings. The fraction of sp³-hybridized carbons (Fsp3) is 0.300. The van der Waals surface area contributed by atoms with E-state index >= 15 is 0 Å². The average molecular weight is 369 g/mol. The first kappa shape index (κ1) is 18.2. The van der Waals surface area contributed by atoms with Crippen LogP contribution in [0, 0.1) is 32.0 Å². The van der Waals surface area contributed by atoms with E-state index in [0.717, 1.165) is 26.4 Å². The summed E-state index contributed by atoms with van der Waals surface area (Å²) in [4.78, 5) is 20.2. The van der Waals surface area contributed by atoms with Crippen LogP contribution in [0.5, 0.6) is 0 Å². The van der Waals surface area contributed by atoms with E-state index in [2.05, 4.69) is 10.9 Å². The van der Waals surface area contributed by atoms with E-state index in [1.807, 2.05) is 20.8 Å². The molecule has 0 saturated heterocycles. The summed E-state index contributed by atoms with van der Waals surface area (Å²) < 4.78 is 13.7. The van der Waals surface area contributed by atoms with Crippen LogP contribution in [-0.4, -0.2) is 23.8 Å². The number of rotatable bonds is 2. The number of thiophene rings is 1. The zero-order chi connectivity index (χ0) is 19.2. The molecular formula is C20H20FN3OS. The van der Waals surface area contributed by atoms with E-state index in [9.17, 15) is 9.18 Å². The van der Waals surface area contributed by atoms with Crippen LogP contribution in [0.15, 0.2) is 23.2 Å². The van der Waals surface area contributed by atoms with Gasteiger partial charge < -0.3 is 5.73 Å². The molecule has 0 unspecified atom stereocenters. The highest BCUT2D eigenvalue weighted by atomic mass is 32.1. The van der Waals surface area contributed by atoms with Crippen molar-refractivity contribution in [3.8, 4) is 22.8 Å². The van der Waals surface area contributed by atoms with Crippen LogP contribution in [0.3, 0.4) is 0 Å². The first-order valence-electron chi connectivity index (χ1n) is 8.17. The molecule has 0 spiro atoms. The van der Waals surface area contributed by atoms with Crippen molar-refractivity contribution in [2.75, 3.05) is 7.05 Å². The second-order valence-electron chi connectivity index (χ2n) is 6.72. The van der Waals surface area contributed by atoms with Gasteiger partial charge in [-0.15, -0.1) is 17.8 Å². The van der Waals surface area contributed by atoms with Crippen molar-refractivity contribution in [3.63, 3.8) is 0 Å². The summed E-state index contributed by atoms with van der Waals surface area (Å²) in [5.74, 6) is 2.11. The minimum atomic E-state index is -0.708. The fourth-order valence-electron chi connectivity index (χ4n) is 3.20. The van der Waals surface area contributed by atoms with Gasteiger partial charge in [-0.2, -0.15) is 0 Å². The predicted molar refractivity (Wildman–Crippen MR) is 103 cm³/mol. The molecule has 0 saturated carbocycles. The number of nitrogens with zero attached hydrogens (tertiary/aromatic N) is 2. The number of aliphatic imine (C=N–C) groups is 1. The lowest BCUT2D eigenvalue weighted by molar-refractivity contribution is -0.128. The summed E-state index contributed by atoms with van der Waals surface area (Å²) in [5, 5.41) is 0. The summed E-state index contributed by atoms with van der Waals surface area (Å²) in [6.07, 6.45) is 5.65. The molecule has 0 bridgehead atoms. The number of terminal acetylenes is 1. The zero-order valence-electron chi connectivity index (χ0n) is 15.2. The van der Waals surface area contributed by atoms with Crippen molar-refractivity contribution in [3.05, 3.63) is 45.6 Å². The molecule has 1 amide bonds. The topological polar surface area (TPSA) is 58.7 Å². The van der Waals surface area contributed by atoms with Gasteiger partial charge in [-0.3, -0.25) is 9.69 Å². The SMILES string of the molecule is C#Cc1cc(-c2sc([C@]3(C)CC(=O)N(C)C(N)=N3)c(C)c2C)ccc1F. The lowest BCUT2D eigenvalue weighted by Gasteiger charge is -2.33. The number of guanidine groups is 1. The maximum Gasteiger partial charge on any atom is 0.231 e. The highest BCUT2D eigenvalue weighted by Crippen LogP contribution is 2.45. The number of carbonyl (C=O) groups is 1. The fourth-order valence-corrected chi connectivity index (χ4v) is 4.60. The predicted octanol–water partition coefficient (Wildman–Crippen LogP) is 3.54. The van der Waals surface area contributed by atoms with E-state index in [1.54, 1.807) is 30.5 Å². The van der Waals surface area contributed by atoms with Gasteiger partial charge in [-0.05, 0) is 49.6 Å². The van der Waals surface area contributed by atoms with Crippen molar-refractivity contribution in [1.82, 2.24) is 4.90 Å². The van der Waals surface area contributed by atoms with Crippen LogP contribution in [-0.2, 0) is 10.3 Å². The van der Waals surface area contributed by atoms with Gasteiger partial charge in [0.25, 0.3) is 0 Å². The third-order valence-electron chi connectivity index (χ3n) is 4.90. The molecule has 2 heterocycles. The van der Waals surface area contributed by atoms with Crippen molar-refractivity contribution >= 4 is 23.2 Å². The summed E-state index contributed by atoms with van der Waals surface area (Å²) in [6, 6.07) is 4.78. The highest BCUT2D eigenvalue weighted by Gasteiger charge is 2.39. The molecule has 0 radical (unpaired) electrons. The van der Waals surface area contributed by atoms with Gasteiger partial charge in [0, 0.05) is 16.8 Å². The van der Waals surface area contributed by atoms with E-state index in [4.69, 9.17) is 12.2 Å². The first-order chi connectivity index (χ1) is 12.2. The van der Waals surface area contributed by atoms with Crippen LogP contribution >= 0.6 is 11.3 Å². The molecule has 1 atom stereocenters. The van der Waals surface area contributed by atoms with E-state index in [-0.39, 0.29) is 23.9 Å². The van der Waals surface area contributed by atoms with Crippen molar-refractivity contribution in [2.45, 2.75) is 32.7 Å². The molecule has 1 aromatic heterocycles. The van der Waals surface area contributed by atoms with Gasteiger partial charge in [0.2, 0.25) is 5.91 Å². The molecule has 4 nitrogen and oxygen atoms in total. The number of carbonyl (C=O) groups excluding carboxylic acids is 1. The molecule has 1 aliphatic rings. The summed E-state index contributed by atoms with van der Waals surface area (Å²) >= 11 is 1.55. The molecular weight excluding hydrogens is 349 g/mol. The third-order valence-corrected chi connectivity index (χ3v) is 6.59. The third kappa shape index (κ3) is 2.78. The first-order valence-corrected chi connectivity index (χ1v) is 8.98. The summed E-state index contributed by atoms with van der Waals surface area (Å²) in [5.41, 5.74) is 8.45. The Morgan fingerprint density at radius 3 is 2.69 bits per heavy atom.